The molecule has 9 rings (SSSR count). The summed E-state index contributed by atoms with van der Waals surface area (Å²) in [6.45, 7) is 0. The molecule has 0 spiro atoms. The summed E-state index contributed by atoms with van der Waals surface area (Å²) in [6.07, 6.45) is 0. The fourth-order valence-electron chi connectivity index (χ4n) is 8.08. The number of fused-ring (bicyclic) bond motifs is 3. The molecule has 8 aromatic carbocycles. The molecule has 0 bridgehead atoms. The molecule has 0 atom stereocenters. The lowest BCUT2D eigenvalue weighted by Crippen LogP contribution is -2.74. The van der Waals surface area contributed by atoms with Crippen LogP contribution in [-0.4, -0.2) is 12.6 Å². The van der Waals surface area contributed by atoms with E-state index in [1.807, 2.05) is 60.7 Å². The number of nitrogens with zero attached hydrogens (tertiary/aromatic N) is 1. The highest BCUT2D eigenvalue weighted by Crippen LogP contribution is 2.44. The molecule has 0 aliphatic heterocycles. The molecule has 52 heavy (non-hydrogen) atoms. The number of hydrogen-bond acceptors (Lipinski definition) is 1. The van der Waals surface area contributed by atoms with Crippen LogP contribution in [0.2, 0.25) is 0 Å². The van der Waals surface area contributed by atoms with Crippen molar-refractivity contribution in [1.82, 2.24) is 4.57 Å². The lowest BCUT2D eigenvalue weighted by molar-refractivity contribution is 0.592. The molecule has 1 heterocycles. The Labute approximate surface area is 305 Å². The molecule has 4 heteroatoms. The largest absolute Gasteiger partial charge is 0.309 e. The lowest BCUT2D eigenvalue weighted by atomic mass is 10.1. The number of aromatic nitrogens is 1. The van der Waals surface area contributed by atoms with Crippen LogP contribution in [0.15, 0.2) is 218 Å². The molecular weight excluding hydrogens is 666 g/mol. The number of benzene rings is 8. The van der Waals surface area contributed by atoms with Gasteiger partial charge in [0.15, 0.2) is 15.2 Å². The van der Waals surface area contributed by atoms with Crippen molar-refractivity contribution in [3.05, 3.63) is 218 Å². The van der Waals surface area contributed by atoms with Crippen molar-refractivity contribution in [2.24, 2.45) is 0 Å². The highest BCUT2D eigenvalue weighted by molar-refractivity contribution is 7.85. The molecule has 0 saturated carbocycles. The molecule has 0 fully saturated rings. The molecular formula is C48H36NOPSi. The summed E-state index contributed by atoms with van der Waals surface area (Å²) >= 11 is 0. The minimum absolute atomic E-state index is 0.833. The van der Waals surface area contributed by atoms with Crippen LogP contribution in [0.1, 0.15) is 0 Å². The van der Waals surface area contributed by atoms with Gasteiger partial charge in [-0.05, 0) is 57.1 Å². The molecule has 0 amide bonds. The van der Waals surface area contributed by atoms with Crippen LogP contribution in [0, 0.1) is 0 Å². The van der Waals surface area contributed by atoms with Gasteiger partial charge in [-0.2, -0.15) is 0 Å². The van der Waals surface area contributed by atoms with E-state index in [9.17, 15) is 0 Å². The molecule has 0 aliphatic carbocycles. The summed E-state index contributed by atoms with van der Waals surface area (Å²) in [5.41, 5.74) is 3.30. The van der Waals surface area contributed by atoms with Gasteiger partial charge in [-0.1, -0.05) is 182 Å². The van der Waals surface area contributed by atoms with Gasteiger partial charge in [-0.25, -0.2) is 0 Å². The maximum absolute atomic E-state index is 15.4. The predicted octanol–water partition coefficient (Wildman–Crippen LogP) is 7.80. The van der Waals surface area contributed by atoms with Gasteiger partial charge in [0.2, 0.25) is 0 Å². The van der Waals surface area contributed by atoms with Crippen molar-refractivity contribution in [3.8, 4) is 5.69 Å². The Kier molecular flexibility index (Phi) is 8.16. The van der Waals surface area contributed by atoms with E-state index in [1.165, 1.54) is 20.7 Å². The summed E-state index contributed by atoms with van der Waals surface area (Å²) in [5.74, 6) is 0. The van der Waals surface area contributed by atoms with E-state index >= 15 is 4.57 Å². The zero-order chi connectivity index (χ0) is 35.0. The van der Waals surface area contributed by atoms with Crippen LogP contribution < -0.4 is 36.7 Å². The second-order valence-electron chi connectivity index (χ2n) is 13.2. The number of rotatable bonds is 8. The second kappa shape index (κ2) is 13.3. The molecule has 1 aromatic heterocycles. The quantitative estimate of drug-likeness (QED) is 0.0901. The van der Waals surface area contributed by atoms with E-state index in [0.29, 0.717) is 0 Å². The highest BCUT2D eigenvalue weighted by Gasteiger charge is 2.41. The summed E-state index contributed by atoms with van der Waals surface area (Å²) in [5, 5.41) is 10.1. The minimum Gasteiger partial charge on any atom is -0.309 e. The second-order valence-corrected chi connectivity index (χ2v) is 19.8. The lowest BCUT2D eigenvalue weighted by Gasteiger charge is -2.34. The third-order valence-corrected chi connectivity index (χ3v) is 18.3. The predicted molar refractivity (Wildman–Crippen MR) is 224 cm³/mol. The van der Waals surface area contributed by atoms with E-state index in [-0.39, 0.29) is 0 Å². The van der Waals surface area contributed by atoms with E-state index in [1.54, 1.807) is 0 Å². The van der Waals surface area contributed by atoms with E-state index < -0.39 is 15.2 Å². The van der Waals surface area contributed by atoms with Gasteiger partial charge in [0.1, 0.15) is 0 Å². The maximum Gasteiger partial charge on any atom is 0.179 e. The SMILES string of the molecule is O=P(c1ccccc1)(c1ccccc1)c1ccc2c(c1)c1ccccc1n2-c1ccc([Si](c2ccccc2)(c2ccccc2)c2ccccc2)cc1. The smallest absolute Gasteiger partial charge is 0.179 e. The monoisotopic (exact) mass is 701 g/mol. The third kappa shape index (κ3) is 5.13. The molecule has 0 saturated heterocycles. The van der Waals surface area contributed by atoms with Crippen LogP contribution in [0.3, 0.4) is 0 Å². The highest BCUT2D eigenvalue weighted by atomic mass is 31.2. The topological polar surface area (TPSA) is 22.0 Å². The van der Waals surface area contributed by atoms with Crippen molar-refractivity contribution in [1.29, 1.82) is 0 Å². The molecule has 0 N–H and O–H groups in total. The van der Waals surface area contributed by atoms with Crippen LogP contribution in [0.4, 0.5) is 0 Å². The Morgan fingerprint density at radius 2 is 0.750 bits per heavy atom. The molecule has 0 aliphatic rings. The standard InChI is InChI=1S/C48H36NOPSi/c50-51(38-18-6-1-7-19-38,39-20-8-2-9-21-39)40-32-35-48-46(36-40)45-28-16-17-29-47(45)49(48)37-30-33-44(34-31-37)52(41-22-10-3-11-23-41,42-24-12-4-13-25-42)43-26-14-5-15-27-43/h1-36H. The van der Waals surface area contributed by atoms with Crippen LogP contribution in [0.5, 0.6) is 0 Å². The van der Waals surface area contributed by atoms with Crippen molar-refractivity contribution < 1.29 is 4.57 Å². The Balaban J connectivity index is 1.24. The molecule has 2 nitrogen and oxygen atoms in total. The van der Waals surface area contributed by atoms with Crippen molar-refractivity contribution in [2.75, 3.05) is 0 Å². The summed E-state index contributed by atoms with van der Waals surface area (Å²) in [4.78, 5) is 0. The number of para-hydroxylation sites is 1. The average molecular weight is 702 g/mol. The molecule has 0 unspecified atom stereocenters. The van der Waals surface area contributed by atoms with Crippen molar-refractivity contribution in [3.63, 3.8) is 0 Å². The van der Waals surface area contributed by atoms with Gasteiger partial charge >= 0.3 is 0 Å². The summed E-state index contributed by atoms with van der Waals surface area (Å²) in [6, 6.07) is 77.2. The zero-order valence-electron chi connectivity index (χ0n) is 28.6. The summed E-state index contributed by atoms with van der Waals surface area (Å²) in [7, 11) is -5.79. The normalized spacial score (nSPS) is 11.9. The first-order valence-corrected chi connectivity index (χ1v) is 21.4. The Bertz CT molecular complexity index is 2540. The first-order valence-electron chi connectivity index (χ1n) is 17.7. The maximum atomic E-state index is 15.4. The molecule has 9 aromatic rings. The fraction of sp³-hybridized carbons (Fsp3) is 0. The van der Waals surface area contributed by atoms with Gasteiger partial charge < -0.3 is 9.13 Å². The Morgan fingerprint density at radius 3 is 1.25 bits per heavy atom. The number of hydrogen-bond donors (Lipinski definition) is 0. The minimum atomic E-state index is -3.14. The average Bonchev–Trinajstić information content (AvgIpc) is 3.57. The van der Waals surface area contributed by atoms with Crippen LogP contribution >= 0.6 is 7.14 Å². The first-order chi connectivity index (χ1) is 25.7. The van der Waals surface area contributed by atoms with Crippen LogP contribution in [-0.2, 0) is 4.57 Å². The molecule has 0 radical (unpaired) electrons. The van der Waals surface area contributed by atoms with Crippen molar-refractivity contribution in [2.45, 2.75) is 0 Å². The van der Waals surface area contributed by atoms with E-state index in [0.717, 1.165) is 43.4 Å². The van der Waals surface area contributed by atoms with Gasteiger partial charge in [0.25, 0.3) is 0 Å². The van der Waals surface area contributed by atoms with E-state index in [4.69, 9.17) is 0 Å². The Hall–Kier alpha value is -5.99. The van der Waals surface area contributed by atoms with Gasteiger partial charge in [0, 0.05) is 32.4 Å². The van der Waals surface area contributed by atoms with Gasteiger partial charge in [-0.15, -0.1) is 0 Å². The molecule has 248 valence electrons. The zero-order valence-corrected chi connectivity index (χ0v) is 30.5. The Morgan fingerprint density at radius 1 is 0.346 bits per heavy atom. The third-order valence-electron chi connectivity index (χ3n) is 10.4. The van der Waals surface area contributed by atoms with E-state index in [2.05, 4.69) is 162 Å². The summed E-state index contributed by atoms with van der Waals surface area (Å²) < 4.78 is 17.7. The fourth-order valence-corrected chi connectivity index (χ4v) is 15.5. The van der Waals surface area contributed by atoms with Gasteiger partial charge in [-0.3, -0.25) is 0 Å². The van der Waals surface area contributed by atoms with Crippen LogP contribution in [0.25, 0.3) is 27.5 Å². The first kappa shape index (κ1) is 32.0. The van der Waals surface area contributed by atoms with Gasteiger partial charge in [0.05, 0.1) is 11.0 Å². The van der Waals surface area contributed by atoms with Crippen molar-refractivity contribution >= 4 is 73.7 Å².